The van der Waals surface area contributed by atoms with Gasteiger partial charge in [0.25, 0.3) is 0 Å². The molecule has 1 aliphatic heterocycles. The van der Waals surface area contributed by atoms with E-state index in [1.165, 1.54) is 0 Å². The second-order valence-corrected chi connectivity index (χ2v) is 9.39. The van der Waals surface area contributed by atoms with Gasteiger partial charge in [-0.2, -0.15) is 0 Å². The van der Waals surface area contributed by atoms with E-state index in [-0.39, 0.29) is 16.4 Å². The first-order valence-electron chi connectivity index (χ1n) is 6.52. The van der Waals surface area contributed by atoms with Crippen LogP contribution in [-0.2, 0) is 19.9 Å². The molecule has 112 valence electrons. The van der Waals surface area contributed by atoms with Crippen molar-refractivity contribution in [2.45, 2.75) is 37.1 Å². The summed E-state index contributed by atoms with van der Waals surface area (Å²) in [4.78, 5) is 0.172. The van der Waals surface area contributed by atoms with E-state index in [1.807, 2.05) is 13.8 Å². The zero-order valence-electron chi connectivity index (χ0n) is 11.5. The predicted octanol–water partition coefficient (Wildman–Crippen LogP) is 1.28. The fraction of sp³-hybridized carbons (Fsp3) is 0.538. The zero-order chi connectivity index (χ0) is 15.0. The normalized spacial score (nSPS) is 22.2. The van der Waals surface area contributed by atoms with E-state index in [0.29, 0.717) is 12.3 Å². The summed E-state index contributed by atoms with van der Waals surface area (Å²) in [5.41, 5.74) is 1.06. The van der Waals surface area contributed by atoms with Crippen molar-refractivity contribution < 1.29 is 16.8 Å². The summed E-state index contributed by atoms with van der Waals surface area (Å²) >= 11 is 0. The maximum Gasteiger partial charge on any atom is 0.240 e. The van der Waals surface area contributed by atoms with Gasteiger partial charge in [0, 0.05) is 6.04 Å². The van der Waals surface area contributed by atoms with Gasteiger partial charge in [-0.15, -0.1) is 0 Å². The lowest BCUT2D eigenvalue weighted by Gasteiger charge is -2.12. The number of nitrogens with one attached hydrogen (secondary N) is 1. The second kappa shape index (κ2) is 5.46. The summed E-state index contributed by atoms with van der Waals surface area (Å²) in [5, 5.41) is 0. The van der Waals surface area contributed by atoms with E-state index >= 15 is 0 Å². The monoisotopic (exact) mass is 317 g/mol. The highest BCUT2D eigenvalue weighted by molar-refractivity contribution is 7.92. The molecular formula is C13H19NO4S2. The lowest BCUT2D eigenvalue weighted by Crippen LogP contribution is -2.35. The van der Waals surface area contributed by atoms with Gasteiger partial charge < -0.3 is 0 Å². The molecule has 0 saturated carbocycles. The van der Waals surface area contributed by atoms with Gasteiger partial charge in [-0.1, -0.05) is 26.0 Å². The predicted molar refractivity (Wildman–Crippen MR) is 77.9 cm³/mol. The summed E-state index contributed by atoms with van der Waals surface area (Å²) in [6, 6.07) is 6.16. The van der Waals surface area contributed by atoms with E-state index in [9.17, 15) is 16.8 Å². The largest absolute Gasteiger partial charge is 0.240 e. The number of hydrogen-bond donors (Lipinski definition) is 1. The summed E-state index contributed by atoms with van der Waals surface area (Å²) in [6.07, 6.45) is 0.339. The van der Waals surface area contributed by atoms with E-state index in [1.54, 1.807) is 24.3 Å². The molecule has 1 atom stereocenters. The second-order valence-electron chi connectivity index (χ2n) is 5.44. The molecule has 0 unspecified atom stereocenters. The van der Waals surface area contributed by atoms with Crippen molar-refractivity contribution in [2.24, 2.45) is 0 Å². The van der Waals surface area contributed by atoms with Gasteiger partial charge in [0.2, 0.25) is 10.0 Å². The minimum absolute atomic E-state index is 0.0481. The Morgan fingerprint density at radius 2 is 1.80 bits per heavy atom. The van der Waals surface area contributed by atoms with Gasteiger partial charge in [0.15, 0.2) is 9.84 Å². The standard InChI is InChI=1S/C13H19NO4S2/c1-10(2)11-3-5-13(6-4-11)20(17,18)14-12-7-8-19(15,16)9-12/h3-6,10,12,14H,7-9H2,1-2H3/t12-/m1/s1. The van der Waals surface area contributed by atoms with Crippen LogP contribution in [0.25, 0.3) is 0 Å². The molecular weight excluding hydrogens is 298 g/mol. The van der Waals surface area contributed by atoms with Crippen LogP contribution in [0, 0.1) is 0 Å². The highest BCUT2D eigenvalue weighted by atomic mass is 32.2. The van der Waals surface area contributed by atoms with Gasteiger partial charge in [-0.25, -0.2) is 21.6 Å². The molecule has 2 rings (SSSR count). The van der Waals surface area contributed by atoms with Crippen LogP contribution < -0.4 is 4.72 Å². The molecule has 0 amide bonds. The van der Waals surface area contributed by atoms with Crippen LogP contribution >= 0.6 is 0 Å². The SMILES string of the molecule is CC(C)c1ccc(S(=O)(=O)N[C@@H]2CCS(=O)(=O)C2)cc1. The smallest absolute Gasteiger partial charge is 0.229 e. The fourth-order valence-electron chi connectivity index (χ4n) is 2.21. The Balaban J connectivity index is 2.14. The van der Waals surface area contributed by atoms with E-state index in [0.717, 1.165) is 5.56 Å². The number of sulfonamides is 1. The molecule has 0 radical (unpaired) electrons. The maximum absolute atomic E-state index is 12.2. The van der Waals surface area contributed by atoms with Crippen LogP contribution in [0.2, 0.25) is 0 Å². The molecule has 20 heavy (non-hydrogen) atoms. The van der Waals surface area contributed by atoms with Crippen LogP contribution in [0.3, 0.4) is 0 Å². The topological polar surface area (TPSA) is 80.3 Å². The maximum atomic E-state index is 12.2. The van der Waals surface area contributed by atoms with E-state index < -0.39 is 25.9 Å². The number of rotatable bonds is 4. The van der Waals surface area contributed by atoms with Crippen molar-refractivity contribution in [1.29, 1.82) is 0 Å². The van der Waals surface area contributed by atoms with Gasteiger partial charge in [-0.3, -0.25) is 0 Å². The van der Waals surface area contributed by atoms with Crippen molar-refractivity contribution in [3.63, 3.8) is 0 Å². The Hall–Kier alpha value is -0.920. The lowest BCUT2D eigenvalue weighted by molar-refractivity contribution is 0.562. The first kappa shape index (κ1) is 15.5. The Bertz CT molecular complexity index is 676. The molecule has 1 heterocycles. The van der Waals surface area contributed by atoms with Crippen molar-refractivity contribution >= 4 is 19.9 Å². The summed E-state index contributed by atoms with van der Waals surface area (Å²) in [5.74, 6) is 0.266. The molecule has 1 N–H and O–H groups in total. The molecule has 0 aromatic heterocycles. The molecule has 1 aromatic rings. The Morgan fingerprint density at radius 1 is 1.20 bits per heavy atom. The molecule has 1 fully saturated rings. The molecule has 0 aliphatic carbocycles. The van der Waals surface area contributed by atoms with Crippen molar-refractivity contribution in [3.8, 4) is 0 Å². The fourth-order valence-corrected chi connectivity index (χ4v) is 5.26. The van der Waals surface area contributed by atoms with Crippen LogP contribution in [0.15, 0.2) is 29.2 Å². The summed E-state index contributed by atoms with van der Waals surface area (Å²) in [7, 11) is -6.75. The van der Waals surface area contributed by atoms with Gasteiger partial charge >= 0.3 is 0 Å². The third kappa shape index (κ3) is 3.59. The van der Waals surface area contributed by atoms with Crippen LogP contribution in [0.1, 0.15) is 31.7 Å². The molecule has 7 heteroatoms. The van der Waals surface area contributed by atoms with Gasteiger partial charge in [0.05, 0.1) is 16.4 Å². The highest BCUT2D eigenvalue weighted by Crippen LogP contribution is 2.19. The first-order chi connectivity index (χ1) is 9.20. The highest BCUT2D eigenvalue weighted by Gasteiger charge is 2.31. The van der Waals surface area contributed by atoms with Crippen molar-refractivity contribution in [2.75, 3.05) is 11.5 Å². The molecule has 1 aromatic carbocycles. The molecule has 0 bridgehead atoms. The van der Waals surface area contributed by atoms with Gasteiger partial charge in [-0.05, 0) is 30.0 Å². The summed E-state index contributed by atoms with van der Waals surface area (Å²) in [6.45, 7) is 4.07. The van der Waals surface area contributed by atoms with Crippen LogP contribution in [-0.4, -0.2) is 34.4 Å². The van der Waals surface area contributed by atoms with Crippen molar-refractivity contribution in [3.05, 3.63) is 29.8 Å². The lowest BCUT2D eigenvalue weighted by atomic mass is 10.0. The summed E-state index contributed by atoms with van der Waals surface area (Å²) < 4.78 is 49.5. The molecule has 0 spiro atoms. The van der Waals surface area contributed by atoms with E-state index in [2.05, 4.69) is 4.72 Å². The minimum Gasteiger partial charge on any atom is -0.229 e. The molecule has 5 nitrogen and oxygen atoms in total. The van der Waals surface area contributed by atoms with Gasteiger partial charge in [0.1, 0.15) is 0 Å². The zero-order valence-corrected chi connectivity index (χ0v) is 13.2. The Labute approximate surface area is 120 Å². The van der Waals surface area contributed by atoms with Crippen LogP contribution in [0.5, 0.6) is 0 Å². The van der Waals surface area contributed by atoms with E-state index in [4.69, 9.17) is 0 Å². The molecule has 1 aliphatic rings. The quantitative estimate of drug-likeness (QED) is 0.907. The minimum atomic E-state index is -3.65. The number of sulfone groups is 1. The third-order valence-corrected chi connectivity index (χ3v) is 6.72. The van der Waals surface area contributed by atoms with Crippen LogP contribution in [0.4, 0.5) is 0 Å². The number of hydrogen-bond acceptors (Lipinski definition) is 4. The average Bonchev–Trinajstić information content (AvgIpc) is 2.68. The molecule has 1 saturated heterocycles. The average molecular weight is 317 g/mol. The first-order valence-corrected chi connectivity index (χ1v) is 9.83. The third-order valence-electron chi connectivity index (χ3n) is 3.41. The van der Waals surface area contributed by atoms with Crippen molar-refractivity contribution in [1.82, 2.24) is 4.72 Å². The number of benzene rings is 1. The Morgan fingerprint density at radius 3 is 2.25 bits per heavy atom. The Kier molecular flexibility index (Phi) is 4.22.